The number of benzene rings is 2. The first-order valence-electron chi connectivity index (χ1n) is 8.01. The number of ketones is 1. The van der Waals surface area contributed by atoms with Gasteiger partial charge in [-0.1, -0.05) is 40.2 Å². The van der Waals surface area contributed by atoms with E-state index >= 15 is 0 Å². The van der Waals surface area contributed by atoms with E-state index in [0.717, 1.165) is 10.0 Å². The van der Waals surface area contributed by atoms with Gasteiger partial charge in [-0.3, -0.25) is 25.2 Å². The first kappa shape index (κ1) is 18.6. The average molecular weight is 427 g/mol. The molecule has 1 heterocycles. The highest BCUT2D eigenvalue weighted by Gasteiger charge is 2.14. The van der Waals surface area contributed by atoms with Gasteiger partial charge in [0.25, 0.3) is 5.91 Å². The quantitative estimate of drug-likeness (QED) is 0.487. The van der Waals surface area contributed by atoms with Crippen molar-refractivity contribution in [2.24, 2.45) is 0 Å². The summed E-state index contributed by atoms with van der Waals surface area (Å²) in [7, 11) is 0. The van der Waals surface area contributed by atoms with Crippen LogP contribution in [0.2, 0.25) is 0 Å². The summed E-state index contributed by atoms with van der Waals surface area (Å²) in [6, 6.07) is 16.7. The molecule has 2 N–H and O–H groups in total. The number of furan rings is 1. The molecule has 0 saturated heterocycles. The summed E-state index contributed by atoms with van der Waals surface area (Å²) in [5.74, 6) is -0.511. The van der Waals surface area contributed by atoms with Crippen LogP contribution in [0.4, 0.5) is 0 Å². The van der Waals surface area contributed by atoms with Crippen molar-refractivity contribution in [3.05, 3.63) is 82.0 Å². The second kappa shape index (κ2) is 8.01. The molecule has 2 aromatic carbocycles. The number of rotatable bonds is 4. The molecule has 3 aromatic rings. The molecule has 0 unspecified atom stereocenters. The molecule has 3 rings (SSSR count). The van der Waals surface area contributed by atoms with Gasteiger partial charge in [-0.05, 0) is 43.3 Å². The van der Waals surface area contributed by atoms with Gasteiger partial charge in [0.05, 0.1) is 0 Å². The fraction of sp³-hybridized carbons (Fsp3) is 0.0500. The van der Waals surface area contributed by atoms with E-state index < -0.39 is 11.8 Å². The third-order valence-electron chi connectivity index (χ3n) is 3.80. The van der Waals surface area contributed by atoms with E-state index in [4.69, 9.17) is 4.42 Å². The largest absolute Gasteiger partial charge is 0.451 e. The van der Waals surface area contributed by atoms with E-state index in [1.54, 1.807) is 54.6 Å². The third kappa shape index (κ3) is 4.51. The molecule has 0 atom stereocenters. The zero-order valence-electron chi connectivity index (χ0n) is 14.3. The van der Waals surface area contributed by atoms with Gasteiger partial charge in [0.2, 0.25) is 0 Å². The Morgan fingerprint density at radius 2 is 1.37 bits per heavy atom. The second-order valence-corrected chi connectivity index (χ2v) is 6.63. The summed E-state index contributed by atoms with van der Waals surface area (Å²) in [6.07, 6.45) is 0. The van der Waals surface area contributed by atoms with Gasteiger partial charge in [-0.25, -0.2) is 0 Å². The van der Waals surface area contributed by atoms with Crippen LogP contribution in [0.25, 0.3) is 11.3 Å². The topological polar surface area (TPSA) is 88.4 Å². The maximum Gasteiger partial charge on any atom is 0.305 e. The van der Waals surface area contributed by atoms with E-state index in [2.05, 4.69) is 26.8 Å². The van der Waals surface area contributed by atoms with Crippen LogP contribution in [0, 0.1) is 0 Å². The molecule has 1 aromatic heterocycles. The molecule has 0 spiro atoms. The van der Waals surface area contributed by atoms with E-state index in [9.17, 15) is 14.4 Å². The van der Waals surface area contributed by atoms with Gasteiger partial charge >= 0.3 is 5.91 Å². The summed E-state index contributed by atoms with van der Waals surface area (Å²) >= 11 is 3.29. The van der Waals surface area contributed by atoms with Crippen molar-refractivity contribution in [1.82, 2.24) is 10.9 Å². The normalized spacial score (nSPS) is 10.3. The van der Waals surface area contributed by atoms with Gasteiger partial charge in [0.15, 0.2) is 11.5 Å². The number of hydrazine groups is 1. The summed E-state index contributed by atoms with van der Waals surface area (Å²) < 4.78 is 6.38. The minimum absolute atomic E-state index is 0.0254. The van der Waals surface area contributed by atoms with Gasteiger partial charge in [0, 0.05) is 21.2 Å². The Bertz CT molecular complexity index is 992. The summed E-state index contributed by atoms with van der Waals surface area (Å²) in [4.78, 5) is 35.5. The van der Waals surface area contributed by atoms with Crippen molar-refractivity contribution in [2.45, 2.75) is 6.92 Å². The summed E-state index contributed by atoms with van der Waals surface area (Å²) in [5, 5.41) is 0. The van der Waals surface area contributed by atoms with Crippen molar-refractivity contribution in [1.29, 1.82) is 0 Å². The Morgan fingerprint density at radius 3 is 2.00 bits per heavy atom. The number of halogens is 1. The van der Waals surface area contributed by atoms with Crippen LogP contribution in [-0.2, 0) is 0 Å². The first-order chi connectivity index (χ1) is 12.9. The number of carbonyl (C=O) groups excluding carboxylic acids is 3. The number of carbonyl (C=O) groups is 3. The van der Waals surface area contributed by atoms with Crippen LogP contribution in [0.1, 0.15) is 38.2 Å². The highest BCUT2D eigenvalue weighted by atomic mass is 79.9. The molecule has 6 nitrogen and oxygen atoms in total. The lowest BCUT2D eigenvalue weighted by molar-refractivity contribution is 0.0831. The van der Waals surface area contributed by atoms with E-state index in [1.807, 2.05) is 0 Å². The van der Waals surface area contributed by atoms with E-state index in [1.165, 1.54) is 13.0 Å². The second-order valence-electron chi connectivity index (χ2n) is 5.71. The monoisotopic (exact) mass is 426 g/mol. The van der Waals surface area contributed by atoms with Crippen molar-refractivity contribution in [2.75, 3.05) is 0 Å². The maximum atomic E-state index is 12.2. The third-order valence-corrected chi connectivity index (χ3v) is 4.33. The predicted molar refractivity (Wildman–Crippen MR) is 103 cm³/mol. The lowest BCUT2D eigenvalue weighted by Gasteiger charge is -2.06. The standard InChI is InChI=1S/C20H15BrN2O4/c1-12(24)13-2-4-14(5-3-13)17-10-11-18(27-17)20(26)23-22-19(25)15-6-8-16(21)9-7-15/h2-11H,1H3,(H,22,25)(H,23,26). The molecule has 0 fully saturated rings. The zero-order valence-corrected chi connectivity index (χ0v) is 15.9. The number of hydrogen-bond acceptors (Lipinski definition) is 4. The van der Waals surface area contributed by atoms with Crippen LogP contribution in [-0.4, -0.2) is 17.6 Å². The fourth-order valence-corrected chi connectivity index (χ4v) is 2.60. The lowest BCUT2D eigenvalue weighted by atomic mass is 10.1. The lowest BCUT2D eigenvalue weighted by Crippen LogP contribution is -2.41. The van der Waals surface area contributed by atoms with Gasteiger partial charge in [0.1, 0.15) is 5.76 Å². The smallest absolute Gasteiger partial charge is 0.305 e. The predicted octanol–water partition coefficient (Wildman–Crippen LogP) is 3.99. The van der Waals surface area contributed by atoms with Crippen molar-refractivity contribution >= 4 is 33.5 Å². The average Bonchev–Trinajstić information content (AvgIpc) is 3.17. The Morgan fingerprint density at radius 1 is 0.778 bits per heavy atom. The molecule has 7 heteroatoms. The number of hydrogen-bond donors (Lipinski definition) is 2. The Labute approximate surface area is 163 Å². The molecule has 0 saturated carbocycles. The number of amides is 2. The van der Waals surface area contributed by atoms with Crippen LogP contribution in [0.15, 0.2) is 69.6 Å². The SMILES string of the molecule is CC(=O)c1ccc(-c2ccc(C(=O)NNC(=O)c3ccc(Br)cc3)o2)cc1. The van der Waals surface area contributed by atoms with Crippen LogP contribution in [0.3, 0.4) is 0 Å². The van der Waals surface area contributed by atoms with Crippen molar-refractivity contribution < 1.29 is 18.8 Å². The summed E-state index contributed by atoms with van der Waals surface area (Å²) in [5.41, 5.74) is 6.38. The Hall–Kier alpha value is -3.19. The first-order valence-corrected chi connectivity index (χ1v) is 8.81. The maximum absolute atomic E-state index is 12.2. The molecule has 27 heavy (non-hydrogen) atoms. The molecule has 0 aliphatic carbocycles. The number of nitrogens with one attached hydrogen (secondary N) is 2. The molecule has 2 amide bonds. The molecule has 136 valence electrons. The van der Waals surface area contributed by atoms with Crippen LogP contribution < -0.4 is 10.9 Å². The highest BCUT2D eigenvalue weighted by molar-refractivity contribution is 9.10. The highest BCUT2D eigenvalue weighted by Crippen LogP contribution is 2.22. The van der Waals surface area contributed by atoms with Gasteiger partial charge < -0.3 is 4.42 Å². The zero-order chi connectivity index (χ0) is 19.4. The number of Topliss-reactive ketones (excluding diaryl/α,β-unsaturated/α-hetero) is 1. The van der Waals surface area contributed by atoms with E-state index in [0.29, 0.717) is 16.9 Å². The van der Waals surface area contributed by atoms with Crippen molar-refractivity contribution in [3.63, 3.8) is 0 Å². The van der Waals surface area contributed by atoms with Gasteiger partial charge in [-0.15, -0.1) is 0 Å². The molecular formula is C20H15BrN2O4. The van der Waals surface area contributed by atoms with Crippen LogP contribution >= 0.6 is 15.9 Å². The van der Waals surface area contributed by atoms with Gasteiger partial charge in [-0.2, -0.15) is 0 Å². The Balaban J connectivity index is 1.63. The van der Waals surface area contributed by atoms with Crippen LogP contribution in [0.5, 0.6) is 0 Å². The summed E-state index contributed by atoms with van der Waals surface area (Å²) in [6.45, 7) is 1.49. The molecule has 0 bridgehead atoms. The fourth-order valence-electron chi connectivity index (χ4n) is 2.33. The molecular weight excluding hydrogens is 412 g/mol. The van der Waals surface area contributed by atoms with Crippen molar-refractivity contribution in [3.8, 4) is 11.3 Å². The minimum atomic E-state index is -0.577. The molecule has 0 radical (unpaired) electrons. The Kier molecular flexibility index (Phi) is 5.52. The molecule has 0 aliphatic rings. The van der Waals surface area contributed by atoms with E-state index in [-0.39, 0.29) is 11.5 Å². The molecule has 0 aliphatic heterocycles. The minimum Gasteiger partial charge on any atom is -0.451 e.